The molecule has 1 amide bonds. The Morgan fingerprint density at radius 2 is 1.79 bits per heavy atom. The fourth-order valence-corrected chi connectivity index (χ4v) is 5.26. The summed E-state index contributed by atoms with van der Waals surface area (Å²) in [6, 6.07) is 7.69. The second kappa shape index (κ2) is 11.1. The first-order valence-electron chi connectivity index (χ1n) is 12.5. The van der Waals surface area contributed by atoms with Gasteiger partial charge in [-0.2, -0.15) is 0 Å². The van der Waals surface area contributed by atoms with E-state index in [-0.39, 0.29) is 35.3 Å². The molecule has 0 bridgehead atoms. The van der Waals surface area contributed by atoms with Crippen molar-refractivity contribution in [1.29, 1.82) is 0 Å². The summed E-state index contributed by atoms with van der Waals surface area (Å²) >= 11 is 6.03. The summed E-state index contributed by atoms with van der Waals surface area (Å²) in [5, 5.41) is 20.1. The van der Waals surface area contributed by atoms with Crippen molar-refractivity contribution < 1.29 is 24.2 Å². The number of fused-ring (bicyclic) bond motifs is 1. The van der Waals surface area contributed by atoms with E-state index in [1.54, 1.807) is 27.7 Å². The molecule has 1 fully saturated rings. The number of hydrogen-bond donors (Lipinski definition) is 2. The van der Waals surface area contributed by atoms with Crippen LogP contribution in [-0.2, 0) is 11.2 Å². The number of aromatic carboxylic acids is 1. The van der Waals surface area contributed by atoms with E-state index < -0.39 is 28.8 Å². The first-order valence-corrected chi connectivity index (χ1v) is 12.9. The van der Waals surface area contributed by atoms with Gasteiger partial charge in [0.2, 0.25) is 11.3 Å². The van der Waals surface area contributed by atoms with Crippen molar-refractivity contribution in [3.8, 4) is 0 Å². The Balaban J connectivity index is 1.97. The number of carbonyl (C=O) groups is 2. The topological polar surface area (TPSA) is 103 Å². The van der Waals surface area contributed by atoms with E-state index in [4.69, 9.17) is 11.6 Å². The van der Waals surface area contributed by atoms with Crippen LogP contribution in [0.3, 0.4) is 0 Å². The van der Waals surface area contributed by atoms with Crippen molar-refractivity contribution in [2.24, 2.45) is 5.92 Å². The highest BCUT2D eigenvalue weighted by molar-refractivity contribution is 6.30. The van der Waals surface area contributed by atoms with Gasteiger partial charge in [0.15, 0.2) is 0 Å². The minimum atomic E-state index is -1.36. The Labute approximate surface area is 224 Å². The molecule has 0 spiro atoms. The van der Waals surface area contributed by atoms with Crippen molar-refractivity contribution >= 4 is 40.1 Å². The Bertz CT molecular complexity index is 1450. The monoisotopic (exact) mass is 543 g/mol. The van der Waals surface area contributed by atoms with Gasteiger partial charge in [0, 0.05) is 56.8 Å². The molecule has 1 aromatic heterocycles. The number of piperazine rings is 1. The maximum Gasteiger partial charge on any atom is 0.341 e. The van der Waals surface area contributed by atoms with Gasteiger partial charge < -0.3 is 24.6 Å². The second-order valence-corrected chi connectivity index (χ2v) is 10.4. The molecule has 38 heavy (non-hydrogen) atoms. The molecule has 10 heteroatoms. The summed E-state index contributed by atoms with van der Waals surface area (Å²) in [6.45, 7) is 7.16. The number of benzene rings is 2. The third-order valence-electron chi connectivity index (χ3n) is 7.26. The van der Waals surface area contributed by atoms with Crippen molar-refractivity contribution in [2.75, 3.05) is 37.7 Å². The third kappa shape index (κ3) is 5.26. The molecule has 1 aliphatic heterocycles. The molecule has 0 radical (unpaired) electrons. The number of amides is 1. The van der Waals surface area contributed by atoms with Gasteiger partial charge in [-0.25, -0.2) is 9.18 Å². The number of aliphatic hydroxyl groups is 1. The van der Waals surface area contributed by atoms with Crippen LogP contribution in [0.15, 0.2) is 41.3 Å². The molecule has 8 nitrogen and oxygen atoms in total. The maximum atomic E-state index is 14.9. The summed E-state index contributed by atoms with van der Waals surface area (Å²) in [7, 11) is 0. The van der Waals surface area contributed by atoms with Gasteiger partial charge >= 0.3 is 5.97 Å². The van der Waals surface area contributed by atoms with Gasteiger partial charge in [0.25, 0.3) is 0 Å². The Morgan fingerprint density at radius 1 is 1.11 bits per heavy atom. The fraction of sp³-hybridized carbons (Fsp3) is 0.393. The van der Waals surface area contributed by atoms with Crippen LogP contribution in [0.4, 0.5) is 10.1 Å². The Morgan fingerprint density at radius 3 is 2.37 bits per heavy atom. The molecule has 2 aromatic carbocycles. The lowest BCUT2D eigenvalue weighted by Crippen LogP contribution is -2.48. The highest BCUT2D eigenvalue weighted by Gasteiger charge is 2.26. The van der Waals surface area contributed by atoms with Gasteiger partial charge in [0.05, 0.1) is 23.2 Å². The zero-order chi connectivity index (χ0) is 27.7. The molecule has 2 heterocycles. The highest BCUT2D eigenvalue weighted by Crippen LogP contribution is 2.33. The first-order chi connectivity index (χ1) is 18.0. The molecule has 0 unspecified atom stereocenters. The Kier molecular flexibility index (Phi) is 8.08. The van der Waals surface area contributed by atoms with Crippen LogP contribution in [0.25, 0.3) is 10.9 Å². The number of carboxylic acids is 1. The van der Waals surface area contributed by atoms with Crippen molar-refractivity contribution in [2.45, 2.75) is 33.2 Å². The molecule has 1 aliphatic rings. The van der Waals surface area contributed by atoms with Gasteiger partial charge in [-0.15, -0.1) is 0 Å². The van der Waals surface area contributed by atoms with E-state index in [1.165, 1.54) is 19.2 Å². The van der Waals surface area contributed by atoms with Crippen molar-refractivity contribution in [1.82, 2.24) is 9.47 Å². The molecule has 2 N–H and O–H groups in total. The third-order valence-corrected chi connectivity index (χ3v) is 7.55. The van der Waals surface area contributed by atoms with E-state index in [1.807, 2.05) is 19.9 Å². The van der Waals surface area contributed by atoms with Gasteiger partial charge in [-0.1, -0.05) is 37.6 Å². The smallest absolute Gasteiger partial charge is 0.341 e. The number of halogens is 2. The summed E-state index contributed by atoms with van der Waals surface area (Å²) in [4.78, 5) is 41.0. The lowest BCUT2D eigenvalue weighted by molar-refractivity contribution is -0.129. The lowest BCUT2D eigenvalue weighted by Gasteiger charge is -2.37. The first kappa shape index (κ1) is 27.6. The minimum Gasteiger partial charge on any atom is -0.477 e. The minimum absolute atomic E-state index is 0.0119. The Hall–Kier alpha value is -3.43. The van der Waals surface area contributed by atoms with Crippen LogP contribution >= 0.6 is 11.6 Å². The second-order valence-electron chi connectivity index (χ2n) is 9.96. The average Bonchev–Trinajstić information content (AvgIpc) is 2.88. The largest absolute Gasteiger partial charge is 0.477 e. The summed E-state index contributed by atoms with van der Waals surface area (Å²) in [5.41, 5.74) is 1.14. The number of anilines is 1. The number of aliphatic hydroxyl groups excluding tert-OH is 1. The van der Waals surface area contributed by atoms with Gasteiger partial charge in [0.1, 0.15) is 11.4 Å². The molecular formula is C28H31ClFN3O5. The number of pyridine rings is 1. The number of carbonyl (C=O) groups excluding carboxylic acids is 1. The van der Waals surface area contributed by atoms with Crippen molar-refractivity contribution in [3.05, 3.63) is 74.3 Å². The molecule has 3 aromatic rings. The van der Waals surface area contributed by atoms with E-state index in [2.05, 4.69) is 4.90 Å². The van der Waals surface area contributed by atoms with Crippen LogP contribution < -0.4 is 10.3 Å². The predicted molar refractivity (Wildman–Crippen MR) is 145 cm³/mol. The summed E-state index contributed by atoms with van der Waals surface area (Å²) in [5.74, 6) is -1.99. The standard InChI is InChI=1S/C28H31ClFN3O5/c1-16(2)25(15-34)33-14-21(28(37)38)27(36)20-12-19(11-18-5-4-6-22(29)26(18)30)23(13-24(20)33)32-9-7-31(8-10-32)17(3)35/h4-6,12-14,16,25,34H,7-11,15H2,1-3H3,(H,37,38)/t25-/m1/s1. The summed E-state index contributed by atoms with van der Waals surface area (Å²) in [6.07, 6.45) is 1.41. The fourth-order valence-electron chi connectivity index (χ4n) is 5.06. The van der Waals surface area contributed by atoms with E-state index in [0.29, 0.717) is 42.8 Å². The number of carboxylic acid groups (broad SMARTS) is 1. The zero-order valence-corrected chi connectivity index (χ0v) is 22.3. The molecule has 0 aliphatic carbocycles. The molecule has 202 valence electrons. The van der Waals surface area contributed by atoms with E-state index in [0.717, 1.165) is 5.69 Å². The van der Waals surface area contributed by atoms with Crippen LogP contribution in [-0.4, -0.2) is 64.3 Å². The normalized spacial score (nSPS) is 14.8. The van der Waals surface area contributed by atoms with Crippen LogP contribution in [0.1, 0.15) is 48.3 Å². The predicted octanol–water partition coefficient (Wildman–Crippen LogP) is 3.94. The van der Waals surface area contributed by atoms with Crippen LogP contribution in [0, 0.1) is 11.7 Å². The number of hydrogen-bond acceptors (Lipinski definition) is 5. The van der Waals surface area contributed by atoms with E-state index >= 15 is 0 Å². The van der Waals surface area contributed by atoms with Gasteiger partial charge in [-0.05, 0) is 35.2 Å². The number of aromatic nitrogens is 1. The molecule has 4 rings (SSSR count). The zero-order valence-electron chi connectivity index (χ0n) is 21.6. The van der Waals surface area contributed by atoms with Crippen LogP contribution in [0.2, 0.25) is 5.02 Å². The SMILES string of the molecule is CC(=O)N1CCN(c2cc3c(cc2Cc2cccc(Cl)c2F)c(=O)c(C(=O)O)cn3[C@H](CO)C(C)C)CC1. The lowest BCUT2D eigenvalue weighted by atomic mass is 9.97. The summed E-state index contributed by atoms with van der Waals surface area (Å²) < 4.78 is 16.6. The average molecular weight is 544 g/mol. The molecule has 1 atom stereocenters. The van der Waals surface area contributed by atoms with Crippen LogP contribution in [0.5, 0.6) is 0 Å². The number of nitrogens with zero attached hydrogens (tertiary/aromatic N) is 3. The van der Waals surface area contributed by atoms with Crippen molar-refractivity contribution in [3.63, 3.8) is 0 Å². The van der Waals surface area contributed by atoms with Gasteiger partial charge in [-0.3, -0.25) is 9.59 Å². The van der Waals surface area contributed by atoms with E-state index in [9.17, 15) is 29.0 Å². The number of rotatable bonds is 7. The highest BCUT2D eigenvalue weighted by atomic mass is 35.5. The molecular weight excluding hydrogens is 513 g/mol. The maximum absolute atomic E-state index is 14.9. The molecule has 1 saturated heterocycles. The molecule has 0 saturated carbocycles. The quantitative estimate of drug-likeness (QED) is 0.468.